The average molecular weight is 285 g/mol. The van der Waals surface area contributed by atoms with E-state index in [1.54, 1.807) is 18.7 Å². The third kappa shape index (κ3) is 3.40. The molecule has 0 saturated heterocycles. The molecule has 2 heterocycles. The Kier molecular flexibility index (Phi) is 3.82. The number of pyridine rings is 1. The zero-order valence-corrected chi connectivity index (χ0v) is 10.7. The molecule has 0 aliphatic heterocycles. The summed E-state index contributed by atoms with van der Waals surface area (Å²) in [6.07, 6.45) is 1.56. The number of aromatic nitrogens is 3. The van der Waals surface area contributed by atoms with Crippen LogP contribution in [0.4, 0.5) is 24.5 Å². The molecule has 0 bridgehead atoms. The molecule has 5 nitrogen and oxygen atoms in total. The van der Waals surface area contributed by atoms with E-state index in [0.29, 0.717) is 6.54 Å². The van der Waals surface area contributed by atoms with E-state index in [-0.39, 0.29) is 17.4 Å². The molecule has 1 unspecified atom stereocenters. The second kappa shape index (κ2) is 5.40. The zero-order valence-electron chi connectivity index (χ0n) is 10.7. The topological polar surface area (TPSA) is 68.8 Å². The number of rotatable bonds is 4. The molecule has 20 heavy (non-hydrogen) atoms. The monoisotopic (exact) mass is 285 g/mol. The van der Waals surface area contributed by atoms with Crippen molar-refractivity contribution >= 4 is 11.4 Å². The highest BCUT2D eigenvalue weighted by atomic mass is 19.4. The number of alkyl halides is 3. The molecule has 2 aromatic rings. The van der Waals surface area contributed by atoms with Gasteiger partial charge in [0.25, 0.3) is 0 Å². The summed E-state index contributed by atoms with van der Waals surface area (Å²) in [5.74, 6) is 0. The third-order valence-electron chi connectivity index (χ3n) is 2.67. The second-order valence-electron chi connectivity index (χ2n) is 4.46. The predicted octanol–water partition coefficient (Wildman–Crippen LogP) is 2.38. The predicted molar refractivity (Wildman–Crippen MR) is 69.0 cm³/mol. The van der Waals surface area contributed by atoms with Gasteiger partial charge in [0.05, 0.1) is 23.9 Å². The van der Waals surface area contributed by atoms with Crippen molar-refractivity contribution in [2.24, 2.45) is 0 Å². The molecule has 0 radical (unpaired) electrons. The van der Waals surface area contributed by atoms with Gasteiger partial charge in [0.1, 0.15) is 5.69 Å². The van der Waals surface area contributed by atoms with Crippen molar-refractivity contribution in [2.75, 3.05) is 11.1 Å². The van der Waals surface area contributed by atoms with Crippen molar-refractivity contribution < 1.29 is 13.2 Å². The van der Waals surface area contributed by atoms with Gasteiger partial charge in [0.2, 0.25) is 0 Å². The lowest BCUT2D eigenvalue weighted by Gasteiger charge is -2.18. The maximum Gasteiger partial charge on any atom is 0.433 e. The molecule has 0 aromatic carbocycles. The molecule has 0 saturated carbocycles. The zero-order chi connectivity index (χ0) is 14.8. The van der Waals surface area contributed by atoms with Crippen LogP contribution in [0, 0.1) is 0 Å². The number of nitrogen functional groups attached to an aromatic ring is 1. The minimum absolute atomic E-state index is 0.116. The van der Waals surface area contributed by atoms with Crippen molar-refractivity contribution in [2.45, 2.75) is 25.7 Å². The molecule has 8 heteroatoms. The number of nitrogens with zero attached hydrogens (tertiary/aromatic N) is 3. The van der Waals surface area contributed by atoms with Crippen LogP contribution in [0.2, 0.25) is 0 Å². The molecular weight excluding hydrogens is 271 g/mol. The standard InChI is InChI=1S/C12H14F3N5/c1-8(6-20-3-2-17-7-20)19-10-4-11(12(13,14)15)18-5-9(10)16/h2-5,7-8H,6,16H2,1H3,(H,18,19). The van der Waals surface area contributed by atoms with E-state index in [1.807, 2.05) is 11.5 Å². The lowest BCUT2D eigenvalue weighted by Crippen LogP contribution is -2.22. The molecule has 0 amide bonds. The Labute approximate surface area is 113 Å². The summed E-state index contributed by atoms with van der Waals surface area (Å²) in [6, 6.07) is 0.801. The van der Waals surface area contributed by atoms with Crippen LogP contribution in [0.3, 0.4) is 0 Å². The van der Waals surface area contributed by atoms with E-state index in [4.69, 9.17) is 5.73 Å². The molecule has 3 N–H and O–H groups in total. The first-order valence-electron chi connectivity index (χ1n) is 5.91. The second-order valence-corrected chi connectivity index (χ2v) is 4.46. The summed E-state index contributed by atoms with van der Waals surface area (Å²) in [5.41, 5.74) is 5.07. The molecule has 0 aliphatic rings. The van der Waals surface area contributed by atoms with Gasteiger partial charge in [-0.2, -0.15) is 13.2 Å². The minimum Gasteiger partial charge on any atom is -0.396 e. The Morgan fingerprint density at radius 1 is 1.45 bits per heavy atom. The summed E-state index contributed by atoms with van der Waals surface area (Å²) < 4.78 is 39.6. The van der Waals surface area contributed by atoms with Gasteiger partial charge in [0, 0.05) is 25.0 Å². The average Bonchev–Trinajstić information content (AvgIpc) is 2.83. The van der Waals surface area contributed by atoms with Gasteiger partial charge in [-0.15, -0.1) is 0 Å². The fourth-order valence-corrected chi connectivity index (χ4v) is 1.77. The van der Waals surface area contributed by atoms with Gasteiger partial charge < -0.3 is 15.6 Å². The summed E-state index contributed by atoms with van der Waals surface area (Å²) in [6.45, 7) is 2.40. The minimum atomic E-state index is -4.49. The van der Waals surface area contributed by atoms with Crippen LogP contribution < -0.4 is 11.1 Å². The number of imidazole rings is 1. The van der Waals surface area contributed by atoms with Gasteiger partial charge in [-0.1, -0.05) is 0 Å². The van der Waals surface area contributed by atoms with E-state index in [1.165, 1.54) is 0 Å². The molecule has 2 aromatic heterocycles. The summed E-state index contributed by atoms with van der Waals surface area (Å²) in [7, 11) is 0. The Morgan fingerprint density at radius 3 is 2.80 bits per heavy atom. The Hall–Kier alpha value is -2.25. The van der Waals surface area contributed by atoms with Gasteiger partial charge in [-0.3, -0.25) is 0 Å². The molecule has 2 rings (SSSR count). The molecule has 0 spiro atoms. The molecular formula is C12H14F3N5. The van der Waals surface area contributed by atoms with Crippen LogP contribution in [0.5, 0.6) is 0 Å². The van der Waals surface area contributed by atoms with Crippen molar-refractivity contribution in [3.63, 3.8) is 0 Å². The number of halogens is 3. The fourth-order valence-electron chi connectivity index (χ4n) is 1.77. The third-order valence-corrected chi connectivity index (χ3v) is 2.67. The Balaban J connectivity index is 2.12. The maximum atomic E-state index is 12.6. The fraction of sp³-hybridized carbons (Fsp3) is 0.333. The van der Waals surface area contributed by atoms with Gasteiger partial charge in [0.15, 0.2) is 0 Å². The van der Waals surface area contributed by atoms with Gasteiger partial charge in [-0.25, -0.2) is 9.97 Å². The lowest BCUT2D eigenvalue weighted by atomic mass is 10.2. The highest BCUT2D eigenvalue weighted by Gasteiger charge is 2.33. The molecule has 0 aliphatic carbocycles. The molecule has 0 fully saturated rings. The van der Waals surface area contributed by atoms with Crippen molar-refractivity contribution in [1.29, 1.82) is 0 Å². The summed E-state index contributed by atoms with van der Waals surface area (Å²) in [4.78, 5) is 7.19. The molecule has 108 valence electrons. The van der Waals surface area contributed by atoms with Crippen molar-refractivity contribution in [3.05, 3.63) is 36.7 Å². The van der Waals surface area contributed by atoms with E-state index < -0.39 is 11.9 Å². The number of nitrogens with two attached hydrogens (primary N) is 1. The maximum absolute atomic E-state index is 12.6. The van der Waals surface area contributed by atoms with E-state index in [9.17, 15) is 13.2 Å². The van der Waals surface area contributed by atoms with Crippen LogP contribution >= 0.6 is 0 Å². The quantitative estimate of drug-likeness (QED) is 0.905. The van der Waals surface area contributed by atoms with Crippen molar-refractivity contribution in [3.8, 4) is 0 Å². The van der Waals surface area contributed by atoms with Gasteiger partial charge >= 0.3 is 6.18 Å². The number of hydrogen-bond acceptors (Lipinski definition) is 4. The van der Waals surface area contributed by atoms with Crippen LogP contribution in [0.25, 0.3) is 0 Å². The first kappa shape index (κ1) is 14.2. The number of hydrogen-bond donors (Lipinski definition) is 2. The number of anilines is 2. The van der Waals surface area contributed by atoms with Gasteiger partial charge in [-0.05, 0) is 13.0 Å². The largest absolute Gasteiger partial charge is 0.433 e. The first-order valence-corrected chi connectivity index (χ1v) is 5.91. The van der Waals surface area contributed by atoms with Crippen LogP contribution in [-0.4, -0.2) is 20.6 Å². The highest BCUT2D eigenvalue weighted by Crippen LogP contribution is 2.31. The first-order chi connectivity index (χ1) is 9.36. The highest BCUT2D eigenvalue weighted by molar-refractivity contribution is 5.65. The Morgan fingerprint density at radius 2 is 2.20 bits per heavy atom. The molecule has 1 atom stereocenters. The van der Waals surface area contributed by atoms with Crippen LogP contribution in [0.15, 0.2) is 31.0 Å². The summed E-state index contributed by atoms with van der Waals surface area (Å²) in [5, 5.41) is 2.95. The summed E-state index contributed by atoms with van der Waals surface area (Å²) >= 11 is 0. The van der Waals surface area contributed by atoms with E-state index in [0.717, 1.165) is 12.3 Å². The Bertz CT molecular complexity index is 565. The smallest absolute Gasteiger partial charge is 0.396 e. The SMILES string of the molecule is CC(Cn1ccnc1)Nc1cc(C(F)(F)F)ncc1N. The van der Waals surface area contributed by atoms with Crippen molar-refractivity contribution in [1.82, 2.24) is 14.5 Å². The van der Waals surface area contributed by atoms with E-state index in [2.05, 4.69) is 15.3 Å². The van der Waals surface area contributed by atoms with Crippen LogP contribution in [-0.2, 0) is 12.7 Å². The van der Waals surface area contributed by atoms with Crippen LogP contribution in [0.1, 0.15) is 12.6 Å². The number of nitrogens with one attached hydrogen (secondary N) is 1. The lowest BCUT2D eigenvalue weighted by molar-refractivity contribution is -0.141. The normalized spacial score (nSPS) is 13.2. The van der Waals surface area contributed by atoms with E-state index >= 15 is 0 Å².